The van der Waals surface area contributed by atoms with Gasteiger partial charge in [-0.1, -0.05) is 0 Å². The van der Waals surface area contributed by atoms with Crippen LogP contribution in [0.25, 0.3) is 10.9 Å². The van der Waals surface area contributed by atoms with Crippen LogP contribution in [0.5, 0.6) is 0 Å². The van der Waals surface area contributed by atoms with Crippen LogP contribution in [0.2, 0.25) is 0 Å². The molecule has 6 nitrogen and oxygen atoms in total. The molecule has 0 bridgehead atoms. The SMILES string of the molecule is CCn1c(C)cc2cc(N/N=C(\C#N)C(=N)N)ccc21. The summed E-state index contributed by atoms with van der Waals surface area (Å²) in [6, 6.07) is 9.70. The van der Waals surface area contributed by atoms with Crippen LogP contribution in [0.1, 0.15) is 12.6 Å². The van der Waals surface area contributed by atoms with E-state index in [9.17, 15) is 0 Å². The third kappa shape index (κ3) is 2.47. The number of rotatable bonds is 4. The van der Waals surface area contributed by atoms with Crippen LogP contribution in [-0.2, 0) is 6.54 Å². The Balaban J connectivity index is 2.34. The maximum atomic E-state index is 8.77. The highest BCUT2D eigenvalue weighted by Crippen LogP contribution is 2.23. The highest BCUT2D eigenvalue weighted by Gasteiger charge is 2.05. The second kappa shape index (κ2) is 5.45. The molecule has 0 aliphatic carbocycles. The summed E-state index contributed by atoms with van der Waals surface area (Å²) in [5, 5.41) is 20.9. The molecule has 0 fully saturated rings. The summed E-state index contributed by atoms with van der Waals surface area (Å²) in [4.78, 5) is 0. The van der Waals surface area contributed by atoms with Gasteiger partial charge in [0.05, 0.1) is 5.69 Å². The second-order valence-electron chi connectivity index (χ2n) is 4.40. The third-order valence-electron chi connectivity index (χ3n) is 3.08. The number of hydrogen-bond donors (Lipinski definition) is 3. The standard InChI is InChI=1S/C14H16N6/c1-3-20-9(2)6-10-7-11(4-5-13(10)20)18-19-12(8-15)14(16)17/h4-7,18H,3H2,1-2H3,(H3,16,17)/b19-12+. The van der Waals surface area contributed by atoms with Crippen molar-refractivity contribution in [3.63, 3.8) is 0 Å². The average molecular weight is 268 g/mol. The molecule has 2 rings (SSSR count). The summed E-state index contributed by atoms with van der Waals surface area (Å²) in [7, 11) is 0. The van der Waals surface area contributed by atoms with Crippen LogP contribution < -0.4 is 11.2 Å². The van der Waals surface area contributed by atoms with Crippen molar-refractivity contribution in [3.05, 3.63) is 30.0 Å². The van der Waals surface area contributed by atoms with Crippen molar-refractivity contribution in [1.29, 1.82) is 10.7 Å². The topological polar surface area (TPSA) is 103 Å². The number of hydrogen-bond acceptors (Lipinski definition) is 4. The van der Waals surface area contributed by atoms with Crippen LogP contribution in [-0.4, -0.2) is 16.1 Å². The van der Waals surface area contributed by atoms with Crippen molar-refractivity contribution in [3.8, 4) is 6.07 Å². The molecule has 2 aromatic rings. The van der Waals surface area contributed by atoms with Gasteiger partial charge in [-0.15, -0.1) is 0 Å². The van der Waals surface area contributed by atoms with Crippen LogP contribution in [0.4, 0.5) is 5.69 Å². The van der Waals surface area contributed by atoms with Gasteiger partial charge in [-0.05, 0) is 38.1 Å². The van der Waals surface area contributed by atoms with Crippen LogP contribution in [0.15, 0.2) is 29.4 Å². The lowest BCUT2D eigenvalue weighted by molar-refractivity contribution is 0.770. The van der Waals surface area contributed by atoms with Crippen LogP contribution in [0.3, 0.4) is 0 Å². The van der Waals surface area contributed by atoms with Crippen molar-refractivity contribution in [2.45, 2.75) is 20.4 Å². The Hall–Kier alpha value is -2.81. The lowest BCUT2D eigenvalue weighted by atomic mass is 10.2. The molecular weight excluding hydrogens is 252 g/mol. The number of nitrogens with zero attached hydrogens (tertiary/aromatic N) is 3. The molecule has 1 aromatic heterocycles. The Morgan fingerprint density at radius 3 is 2.85 bits per heavy atom. The molecule has 0 saturated heterocycles. The van der Waals surface area contributed by atoms with Crippen molar-refractivity contribution in [2.24, 2.45) is 10.8 Å². The van der Waals surface area contributed by atoms with E-state index in [4.69, 9.17) is 16.4 Å². The number of amidine groups is 1. The summed E-state index contributed by atoms with van der Waals surface area (Å²) in [6.07, 6.45) is 0. The highest BCUT2D eigenvalue weighted by molar-refractivity contribution is 6.45. The lowest BCUT2D eigenvalue weighted by Gasteiger charge is -2.05. The van der Waals surface area contributed by atoms with Gasteiger partial charge in [-0.25, -0.2) is 0 Å². The second-order valence-corrected chi connectivity index (χ2v) is 4.40. The van der Waals surface area contributed by atoms with Gasteiger partial charge in [-0.3, -0.25) is 10.8 Å². The molecule has 0 aliphatic heterocycles. The Bertz CT molecular complexity index is 732. The van der Waals surface area contributed by atoms with E-state index in [1.54, 1.807) is 6.07 Å². The number of benzene rings is 1. The summed E-state index contributed by atoms with van der Waals surface area (Å²) in [5.74, 6) is -0.353. The summed E-state index contributed by atoms with van der Waals surface area (Å²) >= 11 is 0. The van der Waals surface area contributed by atoms with Crippen LogP contribution in [0, 0.1) is 23.7 Å². The molecule has 0 saturated carbocycles. The number of nitriles is 1. The van der Waals surface area contributed by atoms with E-state index in [-0.39, 0.29) is 11.5 Å². The monoisotopic (exact) mass is 268 g/mol. The molecule has 0 amide bonds. The molecule has 0 radical (unpaired) electrons. The first kappa shape index (κ1) is 13.6. The number of nitrogens with two attached hydrogens (primary N) is 1. The van der Waals surface area contributed by atoms with Gasteiger partial charge >= 0.3 is 0 Å². The smallest absolute Gasteiger partial charge is 0.201 e. The molecular formula is C14H16N6. The number of aromatic nitrogens is 1. The van der Waals surface area contributed by atoms with Gasteiger partial charge in [0.2, 0.25) is 5.71 Å². The molecule has 6 heteroatoms. The zero-order chi connectivity index (χ0) is 14.7. The Labute approximate surface area is 117 Å². The zero-order valence-electron chi connectivity index (χ0n) is 11.4. The first-order valence-electron chi connectivity index (χ1n) is 6.25. The summed E-state index contributed by atoms with van der Waals surface area (Å²) in [5.41, 5.74) is 11.0. The van der Waals surface area contributed by atoms with E-state index >= 15 is 0 Å². The van der Waals surface area contributed by atoms with Crippen LogP contribution >= 0.6 is 0 Å². The number of fused-ring (bicyclic) bond motifs is 1. The van der Waals surface area contributed by atoms with Gasteiger partial charge in [0.1, 0.15) is 6.07 Å². The first-order valence-corrected chi connectivity index (χ1v) is 6.25. The molecule has 0 atom stereocenters. The minimum Gasteiger partial charge on any atom is -0.382 e. The predicted molar refractivity (Wildman–Crippen MR) is 80.9 cm³/mol. The van der Waals surface area contributed by atoms with E-state index in [1.807, 2.05) is 18.2 Å². The number of aryl methyl sites for hydroxylation is 2. The maximum Gasteiger partial charge on any atom is 0.201 e. The molecule has 1 heterocycles. The normalized spacial score (nSPS) is 11.3. The van der Waals surface area contributed by atoms with Crippen molar-refractivity contribution >= 4 is 28.1 Å². The fourth-order valence-corrected chi connectivity index (χ4v) is 2.16. The Morgan fingerprint density at radius 2 is 2.25 bits per heavy atom. The van der Waals surface area contributed by atoms with E-state index in [1.165, 1.54) is 5.69 Å². The molecule has 1 aromatic carbocycles. The van der Waals surface area contributed by atoms with Gasteiger partial charge in [-0.2, -0.15) is 10.4 Å². The average Bonchev–Trinajstić information content (AvgIpc) is 2.73. The van der Waals surface area contributed by atoms with E-state index in [2.05, 4.69) is 35.0 Å². The Morgan fingerprint density at radius 1 is 1.50 bits per heavy atom. The molecule has 102 valence electrons. The summed E-state index contributed by atoms with van der Waals surface area (Å²) < 4.78 is 2.22. The van der Waals surface area contributed by atoms with Crippen molar-refractivity contribution in [1.82, 2.24) is 4.57 Å². The number of anilines is 1. The minimum atomic E-state index is -0.353. The predicted octanol–water partition coefficient (Wildman–Crippen LogP) is 2.20. The minimum absolute atomic E-state index is 0.132. The molecule has 0 unspecified atom stereocenters. The Kier molecular flexibility index (Phi) is 3.71. The third-order valence-corrected chi connectivity index (χ3v) is 3.08. The highest BCUT2D eigenvalue weighted by atomic mass is 15.3. The largest absolute Gasteiger partial charge is 0.382 e. The van der Waals surface area contributed by atoms with Crippen molar-refractivity contribution < 1.29 is 0 Å². The van der Waals surface area contributed by atoms with Gasteiger partial charge in [0, 0.05) is 23.1 Å². The van der Waals surface area contributed by atoms with Gasteiger partial charge in [0.15, 0.2) is 5.84 Å². The van der Waals surface area contributed by atoms with E-state index in [0.29, 0.717) is 0 Å². The van der Waals surface area contributed by atoms with Crippen molar-refractivity contribution in [2.75, 3.05) is 5.43 Å². The lowest BCUT2D eigenvalue weighted by Crippen LogP contribution is -2.21. The molecule has 4 N–H and O–H groups in total. The number of nitrogens with one attached hydrogen (secondary N) is 2. The quantitative estimate of drug-likeness (QED) is 0.450. The fourth-order valence-electron chi connectivity index (χ4n) is 2.16. The van der Waals surface area contributed by atoms with Gasteiger partial charge < -0.3 is 10.3 Å². The molecule has 0 spiro atoms. The fraction of sp³-hybridized carbons (Fsp3) is 0.214. The first-order chi connectivity index (χ1) is 9.56. The number of hydrazone groups is 1. The van der Waals surface area contributed by atoms with Gasteiger partial charge in [0.25, 0.3) is 0 Å². The zero-order valence-corrected chi connectivity index (χ0v) is 11.4. The molecule has 20 heavy (non-hydrogen) atoms. The molecule has 0 aliphatic rings. The van der Waals surface area contributed by atoms with E-state index in [0.717, 1.165) is 23.1 Å². The maximum absolute atomic E-state index is 8.77. The van der Waals surface area contributed by atoms with E-state index < -0.39 is 0 Å². The summed E-state index contributed by atoms with van der Waals surface area (Å²) in [6.45, 7) is 5.09.